The van der Waals surface area contributed by atoms with Gasteiger partial charge in [0.1, 0.15) is 0 Å². The van der Waals surface area contributed by atoms with E-state index in [0.717, 1.165) is 28.6 Å². The highest BCUT2D eigenvalue weighted by molar-refractivity contribution is 7.99. The van der Waals surface area contributed by atoms with E-state index in [0.29, 0.717) is 5.16 Å². The van der Waals surface area contributed by atoms with Gasteiger partial charge < -0.3 is 10.1 Å². The van der Waals surface area contributed by atoms with Crippen LogP contribution in [0.1, 0.15) is 31.9 Å². The predicted octanol–water partition coefficient (Wildman–Crippen LogP) is 1.83. The van der Waals surface area contributed by atoms with Gasteiger partial charge in [-0.15, -0.1) is 5.10 Å². The SMILES string of the molecule is Cc1ccc(C)c(-n2nnnc2SCC(=O)OCC(=O)NC(C)(C)C)c1. The quantitative estimate of drug-likeness (QED) is 0.605. The van der Waals surface area contributed by atoms with Gasteiger partial charge in [-0.2, -0.15) is 4.68 Å². The predicted molar refractivity (Wildman–Crippen MR) is 98.2 cm³/mol. The van der Waals surface area contributed by atoms with Crippen LogP contribution in [0.25, 0.3) is 5.69 Å². The van der Waals surface area contributed by atoms with Gasteiger partial charge in [0.15, 0.2) is 6.61 Å². The second kappa shape index (κ2) is 8.31. The molecule has 8 nitrogen and oxygen atoms in total. The Kier molecular flexibility index (Phi) is 6.36. The van der Waals surface area contributed by atoms with Crippen LogP contribution in [0.15, 0.2) is 23.4 Å². The van der Waals surface area contributed by atoms with Crippen molar-refractivity contribution >= 4 is 23.6 Å². The van der Waals surface area contributed by atoms with Crippen LogP contribution in [0.5, 0.6) is 0 Å². The Labute approximate surface area is 156 Å². The van der Waals surface area contributed by atoms with Crippen molar-refractivity contribution < 1.29 is 14.3 Å². The van der Waals surface area contributed by atoms with E-state index in [9.17, 15) is 9.59 Å². The van der Waals surface area contributed by atoms with E-state index in [1.807, 2.05) is 52.8 Å². The summed E-state index contributed by atoms with van der Waals surface area (Å²) < 4.78 is 6.58. The van der Waals surface area contributed by atoms with Crippen molar-refractivity contribution in [3.05, 3.63) is 29.3 Å². The highest BCUT2D eigenvalue weighted by atomic mass is 32.2. The first-order valence-corrected chi connectivity index (χ1v) is 9.10. The lowest BCUT2D eigenvalue weighted by molar-refractivity contribution is -0.146. The molecule has 0 spiro atoms. The number of carbonyl (C=O) groups excluding carboxylic acids is 2. The average Bonchev–Trinajstić information content (AvgIpc) is 3.00. The fourth-order valence-corrected chi connectivity index (χ4v) is 2.81. The molecule has 1 aromatic carbocycles. The van der Waals surface area contributed by atoms with Crippen LogP contribution in [0, 0.1) is 13.8 Å². The van der Waals surface area contributed by atoms with Gasteiger partial charge in [-0.3, -0.25) is 9.59 Å². The van der Waals surface area contributed by atoms with Crippen LogP contribution < -0.4 is 5.32 Å². The molecule has 0 aliphatic rings. The Bertz CT molecular complexity index is 798. The number of thioether (sulfide) groups is 1. The molecular formula is C17H23N5O3S. The number of hydrogen-bond acceptors (Lipinski definition) is 7. The van der Waals surface area contributed by atoms with Crippen LogP contribution in [-0.2, 0) is 14.3 Å². The van der Waals surface area contributed by atoms with Gasteiger partial charge in [0.25, 0.3) is 5.91 Å². The first-order valence-electron chi connectivity index (χ1n) is 8.11. The largest absolute Gasteiger partial charge is 0.455 e. The molecule has 1 heterocycles. The Hall–Kier alpha value is -2.42. The van der Waals surface area contributed by atoms with Gasteiger partial charge in [0.05, 0.1) is 11.4 Å². The van der Waals surface area contributed by atoms with E-state index in [1.54, 1.807) is 4.68 Å². The molecular weight excluding hydrogens is 354 g/mol. The minimum absolute atomic E-state index is 0.00797. The maximum Gasteiger partial charge on any atom is 0.316 e. The maximum absolute atomic E-state index is 11.9. The number of aryl methyl sites for hydroxylation is 2. The lowest BCUT2D eigenvalue weighted by Gasteiger charge is -2.20. The molecule has 0 fully saturated rings. The smallest absolute Gasteiger partial charge is 0.316 e. The van der Waals surface area contributed by atoms with Crippen molar-refractivity contribution in [2.45, 2.75) is 45.3 Å². The summed E-state index contributed by atoms with van der Waals surface area (Å²) in [4.78, 5) is 23.5. The Morgan fingerprint density at radius 1 is 1.27 bits per heavy atom. The summed E-state index contributed by atoms with van der Waals surface area (Å²) in [5, 5.41) is 14.9. The summed E-state index contributed by atoms with van der Waals surface area (Å²) in [6.45, 7) is 9.22. The minimum Gasteiger partial charge on any atom is -0.455 e. The van der Waals surface area contributed by atoms with Crippen LogP contribution >= 0.6 is 11.8 Å². The number of amides is 1. The number of hydrogen-bond donors (Lipinski definition) is 1. The second-order valence-corrected chi connectivity index (χ2v) is 7.85. The molecule has 2 aromatic rings. The van der Waals surface area contributed by atoms with Gasteiger partial charge in [0.2, 0.25) is 5.16 Å². The van der Waals surface area contributed by atoms with Crippen molar-refractivity contribution in [1.82, 2.24) is 25.5 Å². The minimum atomic E-state index is -0.505. The molecule has 0 bridgehead atoms. The number of nitrogens with zero attached hydrogens (tertiary/aromatic N) is 4. The van der Waals surface area contributed by atoms with E-state index >= 15 is 0 Å². The Morgan fingerprint density at radius 3 is 2.69 bits per heavy atom. The first-order chi connectivity index (χ1) is 12.2. The third kappa shape index (κ3) is 5.83. The van der Waals surface area contributed by atoms with Gasteiger partial charge in [-0.1, -0.05) is 23.9 Å². The Balaban J connectivity index is 1.93. The summed E-state index contributed by atoms with van der Waals surface area (Å²) >= 11 is 1.16. The average molecular weight is 377 g/mol. The van der Waals surface area contributed by atoms with Gasteiger partial charge in [-0.25, -0.2) is 0 Å². The fourth-order valence-electron chi connectivity index (χ4n) is 2.13. The van der Waals surface area contributed by atoms with Gasteiger partial charge in [0, 0.05) is 5.54 Å². The van der Waals surface area contributed by atoms with E-state index in [-0.39, 0.29) is 23.8 Å². The third-order valence-corrected chi connectivity index (χ3v) is 4.12. The summed E-state index contributed by atoms with van der Waals surface area (Å²) in [5.41, 5.74) is 2.59. The van der Waals surface area contributed by atoms with Gasteiger partial charge >= 0.3 is 5.97 Å². The van der Waals surface area contributed by atoms with E-state index in [2.05, 4.69) is 20.8 Å². The molecule has 0 unspecified atom stereocenters. The molecule has 2 rings (SSSR count). The number of rotatable bonds is 6. The molecule has 26 heavy (non-hydrogen) atoms. The van der Waals surface area contributed by atoms with Crippen LogP contribution in [-0.4, -0.2) is 50.0 Å². The molecule has 0 aliphatic carbocycles. The number of aromatic nitrogens is 4. The van der Waals surface area contributed by atoms with Crippen molar-refractivity contribution in [2.75, 3.05) is 12.4 Å². The zero-order valence-corrected chi connectivity index (χ0v) is 16.4. The monoisotopic (exact) mass is 377 g/mol. The third-order valence-electron chi connectivity index (χ3n) is 3.23. The number of benzene rings is 1. The van der Waals surface area contributed by atoms with Crippen molar-refractivity contribution in [3.8, 4) is 5.69 Å². The molecule has 0 saturated carbocycles. The van der Waals surface area contributed by atoms with E-state index in [4.69, 9.17) is 4.74 Å². The molecule has 0 saturated heterocycles. The van der Waals surface area contributed by atoms with E-state index < -0.39 is 5.97 Å². The zero-order valence-electron chi connectivity index (χ0n) is 15.6. The molecule has 1 aromatic heterocycles. The summed E-state index contributed by atoms with van der Waals surface area (Å²) in [6.07, 6.45) is 0. The van der Waals surface area contributed by atoms with Crippen LogP contribution in [0.4, 0.5) is 0 Å². The Morgan fingerprint density at radius 2 is 2.00 bits per heavy atom. The highest BCUT2D eigenvalue weighted by Gasteiger charge is 2.17. The summed E-state index contributed by atoms with van der Waals surface area (Å²) in [7, 11) is 0. The van der Waals surface area contributed by atoms with Gasteiger partial charge in [-0.05, 0) is 62.2 Å². The first kappa shape index (κ1) is 19.9. The van der Waals surface area contributed by atoms with Crippen LogP contribution in [0.3, 0.4) is 0 Å². The number of carbonyl (C=O) groups is 2. The lowest BCUT2D eigenvalue weighted by atomic mass is 10.1. The normalized spacial score (nSPS) is 11.3. The molecule has 1 N–H and O–H groups in total. The number of nitrogens with one attached hydrogen (secondary N) is 1. The molecule has 0 radical (unpaired) electrons. The summed E-state index contributed by atoms with van der Waals surface area (Å²) in [6, 6.07) is 5.98. The molecule has 0 atom stereocenters. The fraction of sp³-hybridized carbons (Fsp3) is 0.471. The summed E-state index contributed by atoms with van der Waals surface area (Å²) in [5.74, 6) is -0.834. The maximum atomic E-state index is 11.9. The molecule has 1 amide bonds. The molecule has 140 valence electrons. The zero-order chi connectivity index (χ0) is 19.3. The van der Waals surface area contributed by atoms with E-state index in [1.165, 1.54) is 0 Å². The van der Waals surface area contributed by atoms with Crippen molar-refractivity contribution in [3.63, 3.8) is 0 Å². The molecule has 0 aliphatic heterocycles. The standard InChI is InChI=1S/C17H23N5O3S/c1-11-6-7-12(2)13(8-11)22-16(19-20-21-22)26-10-15(24)25-9-14(23)18-17(3,4)5/h6-8H,9-10H2,1-5H3,(H,18,23). The van der Waals surface area contributed by atoms with Crippen molar-refractivity contribution in [1.29, 1.82) is 0 Å². The second-order valence-electron chi connectivity index (χ2n) is 6.91. The molecule has 9 heteroatoms. The number of tetrazole rings is 1. The topological polar surface area (TPSA) is 99.0 Å². The lowest BCUT2D eigenvalue weighted by Crippen LogP contribution is -2.42. The van der Waals surface area contributed by atoms with Crippen molar-refractivity contribution in [2.24, 2.45) is 0 Å². The van der Waals surface area contributed by atoms with Crippen LogP contribution in [0.2, 0.25) is 0 Å². The number of ether oxygens (including phenoxy) is 1. The number of esters is 1. The highest BCUT2D eigenvalue weighted by Crippen LogP contribution is 2.21.